The van der Waals surface area contributed by atoms with Gasteiger partial charge in [0, 0.05) is 0 Å². The van der Waals surface area contributed by atoms with Crippen LogP contribution in [0.2, 0.25) is 0 Å². The number of likely N-dealkylation sites (tertiary alicyclic amines) is 1. The normalized spacial score (nSPS) is 37.1. The van der Waals surface area contributed by atoms with Crippen molar-refractivity contribution in [1.82, 2.24) is 4.90 Å². The summed E-state index contributed by atoms with van der Waals surface area (Å²) in [6.07, 6.45) is 3.59. The number of carboxylic acid groups (broad SMARTS) is 1. The van der Waals surface area contributed by atoms with Crippen LogP contribution in [0.5, 0.6) is 0 Å². The third-order valence-electron chi connectivity index (χ3n) is 3.18. The van der Waals surface area contributed by atoms with Crippen molar-refractivity contribution in [2.24, 2.45) is 11.8 Å². The van der Waals surface area contributed by atoms with Gasteiger partial charge in [0.1, 0.15) is 6.04 Å². The highest BCUT2D eigenvalue weighted by molar-refractivity contribution is 5.74. The van der Waals surface area contributed by atoms with E-state index in [1.807, 2.05) is 11.9 Å². The Labute approximate surface area is 72.4 Å². The maximum absolute atomic E-state index is 10.9. The van der Waals surface area contributed by atoms with E-state index in [2.05, 4.69) is 0 Å². The summed E-state index contributed by atoms with van der Waals surface area (Å²) < 4.78 is 0. The van der Waals surface area contributed by atoms with Crippen molar-refractivity contribution in [2.45, 2.75) is 25.3 Å². The molecule has 0 amide bonds. The third-order valence-corrected chi connectivity index (χ3v) is 3.18. The van der Waals surface area contributed by atoms with E-state index in [9.17, 15) is 4.79 Å². The van der Waals surface area contributed by atoms with E-state index in [0.717, 1.165) is 18.9 Å². The van der Waals surface area contributed by atoms with Crippen LogP contribution in [0.25, 0.3) is 0 Å². The number of rotatable bonds is 2. The molecule has 12 heavy (non-hydrogen) atoms. The highest BCUT2D eigenvalue weighted by Gasteiger charge is 2.45. The number of carbonyl (C=O) groups is 1. The minimum atomic E-state index is -0.632. The highest BCUT2D eigenvalue weighted by Crippen LogP contribution is 2.44. The molecule has 1 saturated heterocycles. The first-order valence-electron chi connectivity index (χ1n) is 4.63. The van der Waals surface area contributed by atoms with Crippen LogP contribution in [0, 0.1) is 11.8 Å². The van der Waals surface area contributed by atoms with Crippen molar-refractivity contribution in [3.63, 3.8) is 0 Å². The predicted octanol–water partition coefficient (Wildman–Crippen LogP) is 0.801. The molecule has 2 fully saturated rings. The van der Waals surface area contributed by atoms with Gasteiger partial charge in [0.05, 0.1) is 0 Å². The quantitative estimate of drug-likeness (QED) is 0.664. The summed E-state index contributed by atoms with van der Waals surface area (Å²) in [5.41, 5.74) is 0. The van der Waals surface area contributed by atoms with E-state index in [0.29, 0.717) is 5.92 Å². The molecule has 2 rings (SSSR count). The van der Waals surface area contributed by atoms with Gasteiger partial charge in [-0.1, -0.05) is 0 Å². The summed E-state index contributed by atoms with van der Waals surface area (Å²) in [4.78, 5) is 12.9. The van der Waals surface area contributed by atoms with Crippen LogP contribution in [-0.2, 0) is 4.79 Å². The molecule has 2 aliphatic rings. The second-order valence-corrected chi connectivity index (χ2v) is 4.05. The van der Waals surface area contributed by atoms with Crippen LogP contribution in [0.4, 0.5) is 0 Å². The summed E-state index contributed by atoms with van der Waals surface area (Å²) in [6, 6.07) is -0.197. The van der Waals surface area contributed by atoms with E-state index in [1.165, 1.54) is 12.8 Å². The minimum absolute atomic E-state index is 0.197. The third kappa shape index (κ3) is 1.22. The number of hydrogen-bond acceptors (Lipinski definition) is 2. The minimum Gasteiger partial charge on any atom is -0.480 e. The average molecular weight is 169 g/mol. The molecule has 3 nitrogen and oxygen atoms in total. The largest absolute Gasteiger partial charge is 0.480 e. The van der Waals surface area contributed by atoms with E-state index in [1.54, 1.807) is 0 Å². The fraction of sp³-hybridized carbons (Fsp3) is 0.889. The standard InChI is InChI=1S/C9H15NO2/c1-10-5-4-7(6-2-3-6)8(10)9(11)12/h6-8H,2-5H2,1H3,(H,11,12)/t7-,8+/m1/s1. The molecular formula is C9H15NO2. The second kappa shape index (κ2) is 2.73. The van der Waals surface area contributed by atoms with Crippen molar-refractivity contribution >= 4 is 5.97 Å². The molecule has 1 aliphatic carbocycles. The van der Waals surface area contributed by atoms with Gasteiger partial charge in [-0.25, -0.2) is 0 Å². The summed E-state index contributed by atoms with van der Waals surface area (Å²) >= 11 is 0. The molecule has 1 heterocycles. The zero-order chi connectivity index (χ0) is 8.72. The monoisotopic (exact) mass is 169 g/mol. The first kappa shape index (κ1) is 8.05. The maximum Gasteiger partial charge on any atom is 0.321 e. The van der Waals surface area contributed by atoms with Crippen LogP contribution in [0.1, 0.15) is 19.3 Å². The number of aliphatic carboxylic acids is 1. The Morgan fingerprint density at radius 2 is 2.08 bits per heavy atom. The summed E-state index contributed by atoms with van der Waals surface area (Å²) in [5, 5.41) is 8.99. The van der Waals surface area contributed by atoms with Crippen molar-refractivity contribution in [2.75, 3.05) is 13.6 Å². The lowest BCUT2D eigenvalue weighted by molar-refractivity contribution is -0.143. The van der Waals surface area contributed by atoms with Gasteiger partial charge >= 0.3 is 5.97 Å². The predicted molar refractivity (Wildman–Crippen MR) is 44.9 cm³/mol. The molecule has 0 bridgehead atoms. The summed E-state index contributed by atoms with van der Waals surface area (Å²) in [7, 11) is 1.92. The lowest BCUT2D eigenvalue weighted by Crippen LogP contribution is -2.37. The second-order valence-electron chi connectivity index (χ2n) is 4.05. The van der Waals surface area contributed by atoms with Crippen LogP contribution < -0.4 is 0 Å². The molecule has 1 aliphatic heterocycles. The van der Waals surface area contributed by atoms with Crippen LogP contribution in [0.15, 0.2) is 0 Å². The molecule has 68 valence electrons. The van der Waals surface area contributed by atoms with E-state index in [4.69, 9.17) is 5.11 Å². The van der Waals surface area contributed by atoms with Gasteiger partial charge in [-0.15, -0.1) is 0 Å². The Bertz CT molecular complexity index is 201. The molecule has 2 atom stereocenters. The molecule has 0 aromatic heterocycles. The van der Waals surface area contributed by atoms with Crippen LogP contribution in [-0.4, -0.2) is 35.6 Å². The lowest BCUT2D eigenvalue weighted by Gasteiger charge is -2.19. The number of hydrogen-bond donors (Lipinski definition) is 1. The molecule has 0 aromatic carbocycles. The van der Waals surface area contributed by atoms with Crippen molar-refractivity contribution < 1.29 is 9.90 Å². The van der Waals surface area contributed by atoms with Crippen molar-refractivity contribution in [3.8, 4) is 0 Å². The van der Waals surface area contributed by atoms with Crippen LogP contribution in [0.3, 0.4) is 0 Å². The SMILES string of the molecule is CN1CC[C@H](C2CC2)[C@H]1C(=O)O. The lowest BCUT2D eigenvalue weighted by atomic mass is 9.95. The highest BCUT2D eigenvalue weighted by atomic mass is 16.4. The molecule has 1 N–H and O–H groups in total. The van der Waals surface area contributed by atoms with Crippen molar-refractivity contribution in [1.29, 1.82) is 0 Å². The van der Waals surface area contributed by atoms with Gasteiger partial charge in [0.15, 0.2) is 0 Å². The number of carboxylic acids is 1. The Balaban J connectivity index is 2.07. The van der Waals surface area contributed by atoms with E-state index < -0.39 is 5.97 Å². The smallest absolute Gasteiger partial charge is 0.321 e. The molecule has 0 radical (unpaired) electrons. The number of nitrogens with zero attached hydrogens (tertiary/aromatic N) is 1. The summed E-state index contributed by atoms with van der Waals surface area (Å²) in [6.45, 7) is 0.956. The fourth-order valence-corrected chi connectivity index (χ4v) is 2.37. The van der Waals surface area contributed by atoms with Crippen LogP contribution >= 0.6 is 0 Å². The average Bonchev–Trinajstić information content (AvgIpc) is 2.75. The molecule has 0 unspecified atom stereocenters. The molecule has 0 spiro atoms. The topological polar surface area (TPSA) is 40.5 Å². The Kier molecular flexibility index (Phi) is 1.83. The zero-order valence-corrected chi connectivity index (χ0v) is 7.36. The summed E-state index contributed by atoms with van der Waals surface area (Å²) in [5.74, 6) is 0.524. The fourth-order valence-electron chi connectivity index (χ4n) is 2.37. The van der Waals surface area contributed by atoms with Gasteiger partial charge in [-0.05, 0) is 44.7 Å². The van der Waals surface area contributed by atoms with Gasteiger partial charge < -0.3 is 5.11 Å². The number of likely N-dealkylation sites (N-methyl/N-ethyl adjacent to an activating group) is 1. The van der Waals surface area contributed by atoms with Gasteiger partial charge in [0.2, 0.25) is 0 Å². The first-order chi connectivity index (χ1) is 5.70. The van der Waals surface area contributed by atoms with Gasteiger partial charge in [0.25, 0.3) is 0 Å². The van der Waals surface area contributed by atoms with E-state index >= 15 is 0 Å². The molecule has 3 heteroatoms. The van der Waals surface area contributed by atoms with Crippen molar-refractivity contribution in [3.05, 3.63) is 0 Å². The Morgan fingerprint density at radius 3 is 2.58 bits per heavy atom. The Hall–Kier alpha value is -0.570. The molecule has 1 saturated carbocycles. The Morgan fingerprint density at radius 1 is 1.42 bits per heavy atom. The zero-order valence-electron chi connectivity index (χ0n) is 7.36. The molecular weight excluding hydrogens is 154 g/mol. The van der Waals surface area contributed by atoms with E-state index in [-0.39, 0.29) is 6.04 Å². The maximum atomic E-state index is 10.9. The first-order valence-corrected chi connectivity index (χ1v) is 4.63. The molecule has 0 aromatic rings. The van der Waals surface area contributed by atoms with Gasteiger partial charge in [-0.3, -0.25) is 9.69 Å². The van der Waals surface area contributed by atoms with Gasteiger partial charge in [-0.2, -0.15) is 0 Å².